The van der Waals surface area contributed by atoms with Crippen LogP contribution in [0.15, 0.2) is 108 Å². The molecule has 6 rings (SSSR count). The van der Waals surface area contributed by atoms with Crippen LogP contribution < -0.4 is 24.8 Å². The molecule has 0 saturated heterocycles. The molecule has 0 aromatic heterocycles. The van der Waals surface area contributed by atoms with Gasteiger partial charge in [0.15, 0.2) is 0 Å². The smallest absolute Gasteiger partial charge is 1.00 e. The Kier molecular flexibility index (Phi) is 14.7. The number of rotatable bonds is 9. The molecule has 2 unspecified atom stereocenters. The quantitative estimate of drug-likeness (QED) is 0.162. The third-order valence-electron chi connectivity index (χ3n) is 8.96. The summed E-state index contributed by atoms with van der Waals surface area (Å²) in [7, 11) is 0. The van der Waals surface area contributed by atoms with E-state index in [0.717, 1.165) is 0 Å². The summed E-state index contributed by atoms with van der Waals surface area (Å²) in [5, 5.41) is 0. The summed E-state index contributed by atoms with van der Waals surface area (Å²) >= 11 is -1.92. The molecule has 44 heavy (non-hydrogen) atoms. The van der Waals surface area contributed by atoms with E-state index in [-0.39, 0.29) is 31.5 Å². The molecule has 229 valence electrons. The number of hydrogen-bond donors (Lipinski definition) is 0. The topological polar surface area (TPSA) is 0 Å². The molecular formula is C40H47Cl2SiZr. The second-order valence-electron chi connectivity index (χ2n) is 12.0. The molecule has 4 heteroatoms. The molecule has 0 heterocycles. The Morgan fingerprint density at radius 2 is 0.955 bits per heavy atom. The predicted molar refractivity (Wildman–Crippen MR) is 185 cm³/mol. The Labute approximate surface area is 288 Å². The van der Waals surface area contributed by atoms with Gasteiger partial charge in [-0.15, -0.1) is 0 Å². The van der Waals surface area contributed by atoms with Crippen molar-refractivity contribution in [2.75, 3.05) is 0 Å². The number of allylic oxidation sites excluding steroid dienone is 2. The molecule has 0 N–H and O–H groups in total. The Morgan fingerprint density at radius 1 is 0.545 bits per heavy atom. The average molecular weight is 718 g/mol. The molecule has 2 atom stereocenters. The van der Waals surface area contributed by atoms with E-state index in [4.69, 9.17) is 0 Å². The van der Waals surface area contributed by atoms with E-state index in [2.05, 4.69) is 144 Å². The normalized spacial score (nSPS) is 16.1. The third kappa shape index (κ3) is 7.87. The van der Waals surface area contributed by atoms with Gasteiger partial charge in [0.1, 0.15) is 0 Å². The Hall–Kier alpha value is -1.96. The fourth-order valence-electron chi connectivity index (χ4n) is 7.07. The van der Waals surface area contributed by atoms with E-state index in [9.17, 15) is 0 Å². The molecule has 0 aliphatic heterocycles. The minimum atomic E-state index is -1.92. The van der Waals surface area contributed by atoms with Crippen molar-refractivity contribution in [3.8, 4) is 22.3 Å². The fraction of sp³-hybridized carbons (Fsp3) is 0.300. The molecule has 0 radical (unpaired) electrons. The molecule has 4 aromatic rings. The summed E-state index contributed by atoms with van der Waals surface area (Å²) in [6, 6.07) is 37.5. The van der Waals surface area contributed by atoms with Crippen molar-refractivity contribution >= 4 is 18.8 Å². The van der Waals surface area contributed by atoms with Crippen LogP contribution in [0.3, 0.4) is 0 Å². The van der Waals surface area contributed by atoms with Gasteiger partial charge in [-0.05, 0) is 0 Å². The second-order valence-corrected chi connectivity index (χ2v) is 27.7. The maximum Gasteiger partial charge on any atom is -1.00 e. The zero-order valence-corrected chi connectivity index (χ0v) is 32.4. The van der Waals surface area contributed by atoms with Gasteiger partial charge < -0.3 is 24.8 Å². The van der Waals surface area contributed by atoms with Crippen LogP contribution in [0.4, 0.5) is 0 Å². The van der Waals surface area contributed by atoms with Crippen LogP contribution >= 0.6 is 0 Å². The second kappa shape index (κ2) is 17.7. The zero-order chi connectivity index (χ0) is 29.5. The Bertz CT molecular complexity index is 1430. The third-order valence-corrected chi connectivity index (χ3v) is 30.2. The van der Waals surface area contributed by atoms with Crippen molar-refractivity contribution in [2.24, 2.45) is 0 Å². The summed E-state index contributed by atoms with van der Waals surface area (Å²) < 4.78 is 1.41. The van der Waals surface area contributed by atoms with Gasteiger partial charge in [-0.3, -0.25) is 0 Å². The van der Waals surface area contributed by atoms with E-state index in [1.54, 1.807) is 22.3 Å². The SMILES string of the molecule is CCCCCC.CC[SiH2][Zr+2]([CH]1C(C)=Cc2c(-c3ccccc3)cccc21)[CH]1C(C)=Cc2c(-c3ccccc3)cccc21.[Cl-].[Cl-]. The fourth-order valence-corrected chi connectivity index (χ4v) is 30.5. The van der Waals surface area contributed by atoms with Gasteiger partial charge in [-0.25, -0.2) is 0 Å². The van der Waals surface area contributed by atoms with Gasteiger partial charge in [-0.1, -0.05) is 39.5 Å². The van der Waals surface area contributed by atoms with Crippen molar-refractivity contribution in [2.45, 2.75) is 73.6 Å². The maximum absolute atomic E-state index is 2.54. The monoisotopic (exact) mass is 715 g/mol. The van der Waals surface area contributed by atoms with Crippen molar-refractivity contribution in [3.63, 3.8) is 0 Å². The first-order chi connectivity index (χ1) is 20.6. The molecule has 0 fully saturated rings. The molecule has 2 aliphatic rings. The van der Waals surface area contributed by atoms with Gasteiger partial charge in [0.2, 0.25) is 0 Å². The van der Waals surface area contributed by atoms with Gasteiger partial charge >= 0.3 is 226 Å². The van der Waals surface area contributed by atoms with Gasteiger partial charge in [-0.2, -0.15) is 0 Å². The minimum absolute atomic E-state index is 0. The average Bonchev–Trinajstić information content (AvgIpc) is 3.55. The molecule has 4 aromatic carbocycles. The van der Waals surface area contributed by atoms with Gasteiger partial charge in [0, 0.05) is 0 Å². The Morgan fingerprint density at radius 3 is 1.32 bits per heavy atom. The standard InChI is InChI=1S/2C16H13.C6H14.C2H7Si.2ClH.Zr/c2*1-12-10-14-8-5-9-15(16(14)11-12)13-6-3-2-4-7-13;1-3-5-6-4-2;1-2-3;;;/h2*2-11H,1H3;3-6H2,1-2H3;2-3H2,1H3;2*1H;/q;;;;;;+2/p-2. The van der Waals surface area contributed by atoms with Crippen LogP contribution in [0.5, 0.6) is 0 Å². The summed E-state index contributed by atoms with van der Waals surface area (Å²) in [4.78, 5) is 0. The van der Waals surface area contributed by atoms with Crippen molar-refractivity contribution < 1.29 is 45.7 Å². The minimum Gasteiger partial charge on any atom is -1.00 e. The van der Waals surface area contributed by atoms with Gasteiger partial charge in [0.05, 0.1) is 0 Å². The van der Waals surface area contributed by atoms with Crippen molar-refractivity contribution in [1.29, 1.82) is 0 Å². The van der Waals surface area contributed by atoms with E-state index < -0.39 is 20.9 Å². The summed E-state index contributed by atoms with van der Waals surface area (Å²) in [5.74, 6) is 0. The maximum atomic E-state index is 2.54. The van der Waals surface area contributed by atoms with Crippen LogP contribution in [-0.2, 0) is 20.9 Å². The first kappa shape index (κ1) is 36.5. The van der Waals surface area contributed by atoms with E-state index in [1.165, 1.54) is 65.1 Å². The summed E-state index contributed by atoms with van der Waals surface area (Å²) in [6.07, 6.45) is 10.6. The van der Waals surface area contributed by atoms with Crippen LogP contribution in [0.2, 0.25) is 6.04 Å². The molecule has 0 bridgehead atoms. The number of hydrogen-bond acceptors (Lipinski definition) is 0. The molecular weight excluding hydrogens is 671 g/mol. The number of fused-ring (bicyclic) bond motifs is 2. The first-order valence-corrected chi connectivity index (χ1v) is 25.9. The number of unbranched alkanes of at least 4 members (excludes halogenated alkanes) is 3. The van der Waals surface area contributed by atoms with Crippen molar-refractivity contribution in [3.05, 3.63) is 130 Å². The molecule has 2 aliphatic carbocycles. The molecule has 0 spiro atoms. The number of benzene rings is 4. The zero-order valence-electron chi connectivity index (χ0n) is 27.0. The van der Waals surface area contributed by atoms with E-state index in [0.29, 0.717) is 7.25 Å². The predicted octanol–water partition coefficient (Wildman–Crippen LogP) is 5.37. The van der Waals surface area contributed by atoms with Crippen LogP contribution in [0.1, 0.15) is 89.8 Å². The summed E-state index contributed by atoms with van der Waals surface area (Å²) in [6.45, 7) is 11.7. The van der Waals surface area contributed by atoms with E-state index >= 15 is 0 Å². The molecule has 0 saturated carbocycles. The van der Waals surface area contributed by atoms with Gasteiger partial charge in [0.25, 0.3) is 0 Å². The van der Waals surface area contributed by atoms with Crippen LogP contribution in [-0.4, -0.2) is 6.65 Å². The first-order valence-electron chi connectivity index (χ1n) is 16.2. The van der Waals surface area contributed by atoms with Crippen LogP contribution in [0.25, 0.3) is 34.4 Å². The molecule has 0 amide bonds. The van der Waals surface area contributed by atoms with Crippen molar-refractivity contribution in [1.82, 2.24) is 0 Å². The number of halogens is 2. The van der Waals surface area contributed by atoms with Crippen LogP contribution in [0, 0.1) is 0 Å². The summed E-state index contributed by atoms with van der Waals surface area (Å²) in [5.41, 5.74) is 15.0. The molecule has 0 nitrogen and oxygen atoms in total. The largest absolute Gasteiger partial charge is 1.00 e. The Balaban J connectivity index is 0.000000605. The van der Waals surface area contributed by atoms with E-state index in [1.807, 2.05) is 0 Å².